The van der Waals surface area contributed by atoms with Gasteiger partial charge in [0.15, 0.2) is 0 Å². The maximum Gasteiger partial charge on any atom is 0.223 e. The van der Waals surface area contributed by atoms with Crippen molar-refractivity contribution in [2.24, 2.45) is 11.8 Å². The minimum absolute atomic E-state index is 0.0358. The largest absolute Gasteiger partial charge is 0.373 e. The van der Waals surface area contributed by atoms with Crippen molar-refractivity contribution in [1.29, 1.82) is 0 Å². The quantitative estimate of drug-likeness (QED) is 0.885. The predicted octanol–water partition coefficient (Wildman–Crippen LogP) is 1.44. The Morgan fingerprint density at radius 1 is 1.54 bits per heavy atom. The number of nitrogens with zero attached hydrogens (tertiary/aromatic N) is 3. The van der Waals surface area contributed by atoms with Crippen molar-refractivity contribution in [2.45, 2.75) is 45.8 Å². The Kier molecular flexibility index (Phi) is 5.89. The number of ether oxygens (including phenoxy) is 1. The number of aryl methyl sites for hydroxylation is 1. The van der Waals surface area contributed by atoms with Crippen LogP contribution in [0.5, 0.6) is 0 Å². The summed E-state index contributed by atoms with van der Waals surface area (Å²) in [4.78, 5) is 14.7. The van der Waals surface area contributed by atoms with Gasteiger partial charge in [0, 0.05) is 25.7 Å². The monoisotopic (exact) mass is 334 g/mol. The molecule has 1 aromatic rings. The lowest BCUT2D eigenvalue weighted by Crippen LogP contribution is -2.47. The molecule has 0 spiro atoms. The Labute approximate surface area is 144 Å². The molecule has 1 amide bonds. The van der Waals surface area contributed by atoms with Gasteiger partial charge in [0.1, 0.15) is 0 Å². The number of amides is 1. The molecule has 0 aromatic carbocycles. The first kappa shape index (κ1) is 17.4. The maximum atomic E-state index is 12.7. The number of aromatic nitrogens is 2. The van der Waals surface area contributed by atoms with Gasteiger partial charge in [-0.1, -0.05) is 6.92 Å². The molecule has 1 aromatic heterocycles. The van der Waals surface area contributed by atoms with E-state index in [9.17, 15) is 4.79 Å². The molecule has 3 heterocycles. The minimum atomic E-state index is 0.0358. The maximum absolute atomic E-state index is 12.7. The number of nitrogens with one attached hydrogen (secondary N) is 1. The smallest absolute Gasteiger partial charge is 0.223 e. The number of piperidine rings is 1. The van der Waals surface area contributed by atoms with Crippen LogP contribution >= 0.6 is 0 Å². The first-order chi connectivity index (χ1) is 11.6. The Bertz CT molecular complexity index is 539. The van der Waals surface area contributed by atoms with Crippen molar-refractivity contribution in [1.82, 2.24) is 20.0 Å². The van der Waals surface area contributed by atoms with Crippen LogP contribution in [0.25, 0.3) is 0 Å². The summed E-state index contributed by atoms with van der Waals surface area (Å²) in [7, 11) is 0. The van der Waals surface area contributed by atoms with Gasteiger partial charge in [-0.2, -0.15) is 5.10 Å². The summed E-state index contributed by atoms with van der Waals surface area (Å²) in [5.41, 5.74) is 1.15. The Morgan fingerprint density at radius 2 is 2.42 bits per heavy atom. The van der Waals surface area contributed by atoms with Crippen molar-refractivity contribution < 1.29 is 9.53 Å². The highest BCUT2D eigenvalue weighted by Crippen LogP contribution is 2.23. The number of rotatable bonds is 5. The molecule has 2 fully saturated rings. The first-order valence-electron chi connectivity index (χ1n) is 9.21. The third kappa shape index (κ3) is 4.57. The summed E-state index contributed by atoms with van der Waals surface area (Å²) < 4.78 is 7.74. The van der Waals surface area contributed by atoms with E-state index >= 15 is 0 Å². The predicted molar refractivity (Wildman–Crippen MR) is 92.7 cm³/mol. The second-order valence-corrected chi connectivity index (χ2v) is 7.36. The van der Waals surface area contributed by atoms with Gasteiger partial charge in [-0.05, 0) is 50.3 Å². The molecule has 3 unspecified atom stereocenters. The van der Waals surface area contributed by atoms with Crippen molar-refractivity contribution in [3.05, 3.63) is 18.0 Å². The highest BCUT2D eigenvalue weighted by atomic mass is 16.5. The zero-order valence-electron chi connectivity index (χ0n) is 14.9. The van der Waals surface area contributed by atoms with Crippen LogP contribution in [0.4, 0.5) is 0 Å². The number of hydrogen-bond donors (Lipinski definition) is 1. The van der Waals surface area contributed by atoms with Crippen LogP contribution < -0.4 is 5.32 Å². The van der Waals surface area contributed by atoms with Gasteiger partial charge in [-0.3, -0.25) is 9.48 Å². The van der Waals surface area contributed by atoms with Gasteiger partial charge in [0.2, 0.25) is 5.91 Å². The molecule has 3 atom stereocenters. The van der Waals surface area contributed by atoms with E-state index in [2.05, 4.69) is 17.3 Å². The van der Waals surface area contributed by atoms with Crippen LogP contribution in [0, 0.1) is 18.8 Å². The van der Waals surface area contributed by atoms with E-state index in [-0.39, 0.29) is 12.0 Å². The van der Waals surface area contributed by atoms with Gasteiger partial charge in [-0.15, -0.1) is 0 Å². The van der Waals surface area contributed by atoms with Crippen LogP contribution in [0.3, 0.4) is 0 Å². The minimum Gasteiger partial charge on any atom is -0.373 e. The van der Waals surface area contributed by atoms with Crippen molar-refractivity contribution >= 4 is 5.91 Å². The Morgan fingerprint density at radius 3 is 3.12 bits per heavy atom. The van der Waals surface area contributed by atoms with E-state index in [0.717, 1.165) is 18.7 Å². The number of morpholine rings is 1. The third-order valence-corrected chi connectivity index (χ3v) is 5.28. The lowest BCUT2D eigenvalue weighted by molar-refractivity contribution is -0.140. The summed E-state index contributed by atoms with van der Waals surface area (Å²) in [5.74, 6) is 1.35. The van der Waals surface area contributed by atoms with Crippen LogP contribution in [-0.4, -0.2) is 59.5 Å². The lowest BCUT2D eigenvalue weighted by Gasteiger charge is -2.35. The van der Waals surface area contributed by atoms with Crippen LogP contribution in [0.15, 0.2) is 12.4 Å². The first-order valence-corrected chi connectivity index (χ1v) is 9.21. The van der Waals surface area contributed by atoms with Crippen LogP contribution in [0.1, 0.15) is 31.7 Å². The summed E-state index contributed by atoms with van der Waals surface area (Å²) in [6, 6.07) is 0. The van der Waals surface area contributed by atoms with E-state index in [0.29, 0.717) is 44.5 Å². The van der Waals surface area contributed by atoms with Crippen molar-refractivity contribution in [2.75, 3.05) is 32.8 Å². The zero-order valence-corrected chi connectivity index (χ0v) is 14.9. The SMILES string of the molecule is Cc1cnn(CC2CN(C(=O)CC(C)C3CCCNC3)CCO2)c1. The topological polar surface area (TPSA) is 59.4 Å². The summed E-state index contributed by atoms with van der Waals surface area (Å²) in [5, 5.41) is 7.77. The summed E-state index contributed by atoms with van der Waals surface area (Å²) in [6.07, 6.45) is 7.03. The van der Waals surface area contributed by atoms with Gasteiger partial charge in [0.05, 0.1) is 25.5 Å². The van der Waals surface area contributed by atoms with Gasteiger partial charge >= 0.3 is 0 Å². The lowest BCUT2D eigenvalue weighted by atomic mass is 9.85. The average Bonchev–Trinajstić information content (AvgIpc) is 3.00. The summed E-state index contributed by atoms with van der Waals surface area (Å²) in [6.45, 7) is 9.14. The Hall–Kier alpha value is -1.40. The molecule has 1 N–H and O–H groups in total. The summed E-state index contributed by atoms with van der Waals surface area (Å²) >= 11 is 0. The van der Waals surface area contributed by atoms with Crippen LogP contribution in [0.2, 0.25) is 0 Å². The van der Waals surface area contributed by atoms with E-state index in [4.69, 9.17) is 4.74 Å². The van der Waals surface area contributed by atoms with E-state index in [1.165, 1.54) is 12.8 Å². The van der Waals surface area contributed by atoms with Gasteiger partial charge < -0.3 is 15.0 Å². The van der Waals surface area contributed by atoms with E-state index < -0.39 is 0 Å². The molecule has 134 valence electrons. The molecular weight excluding hydrogens is 304 g/mol. The molecule has 0 bridgehead atoms. The number of carbonyl (C=O) groups excluding carboxylic acids is 1. The second kappa shape index (κ2) is 8.12. The highest BCUT2D eigenvalue weighted by Gasteiger charge is 2.28. The second-order valence-electron chi connectivity index (χ2n) is 7.36. The van der Waals surface area contributed by atoms with E-state index in [1.54, 1.807) is 0 Å². The molecule has 2 aliphatic heterocycles. The van der Waals surface area contributed by atoms with E-state index in [1.807, 2.05) is 28.9 Å². The normalized spacial score (nSPS) is 26.3. The fraction of sp³-hybridized carbons (Fsp3) is 0.778. The van der Waals surface area contributed by atoms with Crippen LogP contribution in [-0.2, 0) is 16.1 Å². The standard InChI is InChI=1S/C18H30N4O2/c1-14-9-20-22(11-14)13-17-12-21(6-7-24-17)18(23)8-15(2)16-4-3-5-19-10-16/h9,11,15-17,19H,3-8,10,12-13H2,1-2H3. The molecule has 0 radical (unpaired) electrons. The molecule has 24 heavy (non-hydrogen) atoms. The van der Waals surface area contributed by atoms with Gasteiger partial charge in [-0.25, -0.2) is 0 Å². The van der Waals surface area contributed by atoms with Crippen molar-refractivity contribution in [3.63, 3.8) is 0 Å². The molecule has 2 aliphatic rings. The molecule has 0 aliphatic carbocycles. The number of carbonyl (C=O) groups is 1. The molecule has 0 saturated carbocycles. The molecule has 2 saturated heterocycles. The highest BCUT2D eigenvalue weighted by molar-refractivity contribution is 5.76. The molecule has 6 heteroatoms. The fourth-order valence-electron chi connectivity index (χ4n) is 3.77. The van der Waals surface area contributed by atoms with Gasteiger partial charge in [0.25, 0.3) is 0 Å². The molecule has 6 nitrogen and oxygen atoms in total. The Balaban J connectivity index is 1.49. The third-order valence-electron chi connectivity index (χ3n) is 5.28. The molecular formula is C18H30N4O2. The van der Waals surface area contributed by atoms with Crippen molar-refractivity contribution in [3.8, 4) is 0 Å². The molecule has 3 rings (SSSR count). The fourth-order valence-corrected chi connectivity index (χ4v) is 3.77. The average molecular weight is 334 g/mol. The number of hydrogen-bond acceptors (Lipinski definition) is 4. The zero-order chi connectivity index (χ0) is 16.9.